The Morgan fingerprint density at radius 1 is 1.43 bits per heavy atom. The summed E-state index contributed by atoms with van der Waals surface area (Å²) in [4.78, 5) is 0. The van der Waals surface area contributed by atoms with Gasteiger partial charge in [-0.1, -0.05) is 13.3 Å². The number of thioether (sulfide) groups is 1. The lowest BCUT2D eigenvalue weighted by atomic mass is 10.0. The van der Waals surface area contributed by atoms with E-state index in [0.717, 1.165) is 30.0 Å². The van der Waals surface area contributed by atoms with Crippen LogP contribution in [0.4, 0.5) is 8.78 Å². The van der Waals surface area contributed by atoms with Crippen LogP contribution in [0.1, 0.15) is 25.3 Å². The van der Waals surface area contributed by atoms with Crippen LogP contribution in [0.2, 0.25) is 0 Å². The lowest BCUT2D eigenvalue weighted by molar-refractivity contribution is -0.0512. The molecule has 0 fully saturated rings. The van der Waals surface area contributed by atoms with Gasteiger partial charge < -0.3 is 9.47 Å². The van der Waals surface area contributed by atoms with Crippen molar-refractivity contribution in [2.45, 2.75) is 31.6 Å². The Kier molecular flexibility index (Phi) is 5.67. The molecule has 1 atom stereocenters. The highest BCUT2D eigenvalue weighted by atomic mass is 32.2. The van der Waals surface area contributed by atoms with Crippen molar-refractivity contribution in [1.29, 1.82) is 0 Å². The summed E-state index contributed by atoms with van der Waals surface area (Å²) in [5.41, 5.74) is 4.73. The SMILES string of the molecule is CCCC1SCNN=C1c1ccc(OC(F)F)c(OC)c1. The third-order valence-electron chi connectivity index (χ3n) is 3.08. The maximum absolute atomic E-state index is 12.3. The molecule has 1 N–H and O–H groups in total. The Hall–Kier alpha value is -1.50. The van der Waals surface area contributed by atoms with Crippen LogP contribution in [-0.4, -0.2) is 30.6 Å². The third-order valence-corrected chi connectivity index (χ3v) is 4.24. The minimum Gasteiger partial charge on any atom is -0.493 e. The van der Waals surface area contributed by atoms with Gasteiger partial charge >= 0.3 is 6.61 Å². The molecule has 0 saturated heterocycles. The predicted molar refractivity (Wildman–Crippen MR) is 80.5 cm³/mol. The molecule has 0 amide bonds. The van der Waals surface area contributed by atoms with Gasteiger partial charge in [-0.3, -0.25) is 5.43 Å². The summed E-state index contributed by atoms with van der Waals surface area (Å²) in [6.45, 7) is -0.748. The number of methoxy groups -OCH3 is 1. The van der Waals surface area contributed by atoms with Crippen molar-refractivity contribution in [3.05, 3.63) is 23.8 Å². The standard InChI is InChI=1S/C14H18F2N2O2S/c1-3-4-12-13(18-17-8-21-12)9-5-6-10(20-14(15)16)11(7-9)19-2/h5-7,12,14,17H,3-4,8H2,1-2H3. The fourth-order valence-corrected chi connectivity index (χ4v) is 3.25. The van der Waals surface area contributed by atoms with Crippen LogP contribution in [0.15, 0.2) is 23.3 Å². The maximum Gasteiger partial charge on any atom is 0.387 e. The zero-order chi connectivity index (χ0) is 15.2. The van der Waals surface area contributed by atoms with E-state index in [-0.39, 0.29) is 11.5 Å². The van der Waals surface area contributed by atoms with Crippen molar-refractivity contribution in [2.75, 3.05) is 13.0 Å². The van der Waals surface area contributed by atoms with Crippen LogP contribution in [0.5, 0.6) is 11.5 Å². The molecule has 1 unspecified atom stereocenters. The van der Waals surface area contributed by atoms with Crippen LogP contribution in [-0.2, 0) is 0 Å². The van der Waals surface area contributed by atoms with E-state index in [1.54, 1.807) is 23.9 Å². The third kappa shape index (κ3) is 4.00. The number of halogens is 2. The number of nitrogens with one attached hydrogen (secondary N) is 1. The number of nitrogens with zero attached hydrogens (tertiary/aromatic N) is 1. The first-order valence-corrected chi connectivity index (χ1v) is 7.75. The van der Waals surface area contributed by atoms with E-state index in [0.29, 0.717) is 5.25 Å². The van der Waals surface area contributed by atoms with Gasteiger partial charge in [-0.25, -0.2) is 0 Å². The van der Waals surface area contributed by atoms with Gasteiger partial charge in [0.1, 0.15) is 0 Å². The highest BCUT2D eigenvalue weighted by molar-refractivity contribution is 8.00. The molecule has 1 aromatic carbocycles. The zero-order valence-electron chi connectivity index (χ0n) is 11.9. The molecule has 0 radical (unpaired) electrons. The van der Waals surface area contributed by atoms with Gasteiger partial charge in [-0.2, -0.15) is 13.9 Å². The van der Waals surface area contributed by atoms with Gasteiger partial charge in [-0.15, -0.1) is 11.8 Å². The number of hydrogen-bond donors (Lipinski definition) is 1. The largest absolute Gasteiger partial charge is 0.493 e. The molecule has 1 aromatic rings. The lowest BCUT2D eigenvalue weighted by Gasteiger charge is -2.23. The van der Waals surface area contributed by atoms with Crippen molar-refractivity contribution in [1.82, 2.24) is 5.43 Å². The first-order chi connectivity index (χ1) is 10.2. The lowest BCUT2D eigenvalue weighted by Crippen LogP contribution is -2.28. The highest BCUT2D eigenvalue weighted by Crippen LogP contribution is 2.32. The summed E-state index contributed by atoms with van der Waals surface area (Å²) in [5, 5.41) is 4.66. The van der Waals surface area contributed by atoms with Crippen molar-refractivity contribution >= 4 is 17.5 Å². The average molecular weight is 316 g/mol. The molecule has 2 rings (SSSR count). The second-order valence-corrected chi connectivity index (χ2v) is 5.68. The molecule has 21 heavy (non-hydrogen) atoms. The molecule has 116 valence electrons. The van der Waals surface area contributed by atoms with E-state index in [1.165, 1.54) is 13.2 Å². The first kappa shape index (κ1) is 15.9. The van der Waals surface area contributed by atoms with Gasteiger partial charge in [0.25, 0.3) is 0 Å². The van der Waals surface area contributed by atoms with E-state index in [9.17, 15) is 8.78 Å². The predicted octanol–water partition coefficient (Wildman–Crippen LogP) is 3.46. The number of benzene rings is 1. The second-order valence-electron chi connectivity index (χ2n) is 4.49. The summed E-state index contributed by atoms with van der Waals surface area (Å²) < 4.78 is 34.2. The number of rotatable bonds is 6. The topological polar surface area (TPSA) is 42.9 Å². The van der Waals surface area contributed by atoms with E-state index in [4.69, 9.17) is 4.74 Å². The number of hydrogen-bond acceptors (Lipinski definition) is 5. The monoisotopic (exact) mass is 316 g/mol. The van der Waals surface area contributed by atoms with Gasteiger partial charge in [0.15, 0.2) is 11.5 Å². The van der Waals surface area contributed by atoms with Crippen molar-refractivity contribution in [2.24, 2.45) is 5.10 Å². The summed E-state index contributed by atoms with van der Waals surface area (Å²) >= 11 is 1.79. The molecule has 7 heteroatoms. The average Bonchev–Trinajstić information content (AvgIpc) is 2.48. The molecule has 0 spiro atoms. The van der Waals surface area contributed by atoms with Crippen LogP contribution in [0, 0.1) is 0 Å². The molecular formula is C14H18F2N2O2S. The normalized spacial score (nSPS) is 18.1. The van der Waals surface area contributed by atoms with Gasteiger partial charge in [0.05, 0.1) is 23.9 Å². The Morgan fingerprint density at radius 2 is 2.24 bits per heavy atom. The van der Waals surface area contributed by atoms with E-state index in [1.807, 2.05) is 0 Å². The Morgan fingerprint density at radius 3 is 2.90 bits per heavy atom. The summed E-state index contributed by atoms with van der Waals surface area (Å²) in [5.74, 6) is 1.08. The quantitative estimate of drug-likeness (QED) is 0.873. The molecule has 0 aromatic heterocycles. The van der Waals surface area contributed by atoms with Gasteiger partial charge in [0, 0.05) is 5.56 Å². The fourth-order valence-electron chi connectivity index (χ4n) is 2.16. The molecule has 4 nitrogen and oxygen atoms in total. The highest BCUT2D eigenvalue weighted by Gasteiger charge is 2.22. The Balaban J connectivity index is 2.28. The van der Waals surface area contributed by atoms with E-state index < -0.39 is 6.61 Å². The molecule has 1 heterocycles. The Labute approximate surface area is 126 Å². The van der Waals surface area contributed by atoms with Crippen LogP contribution >= 0.6 is 11.8 Å². The van der Waals surface area contributed by atoms with Crippen LogP contribution in [0.3, 0.4) is 0 Å². The fraction of sp³-hybridized carbons (Fsp3) is 0.500. The van der Waals surface area contributed by atoms with Crippen molar-refractivity contribution in [3.63, 3.8) is 0 Å². The molecule has 1 aliphatic heterocycles. The smallest absolute Gasteiger partial charge is 0.387 e. The minimum absolute atomic E-state index is 0.0281. The number of ether oxygens (including phenoxy) is 2. The van der Waals surface area contributed by atoms with Crippen LogP contribution < -0.4 is 14.9 Å². The van der Waals surface area contributed by atoms with Crippen molar-refractivity contribution < 1.29 is 18.3 Å². The Bertz CT molecular complexity index is 512. The van der Waals surface area contributed by atoms with Crippen LogP contribution in [0.25, 0.3) is 0 Å². The summed E-state index contributed by atoms with van der Waals surface area (Å²) in [7, 11) is 1.43. The number of hydrazone groups is 1. The summed E-state index contributed by atoms with van der Waals surface area (Å²) in [6, 6.07) is 4.91. The van der Waals surface area contributed by atoms with Crippen molar-refractivity contribution in [3.8, 4) is 11.5 Å². The van der Waals surface area contributed by atoms with E-state index in [2.05, 4.69) is 22.2 Å². The van der Waals surface area contributed by atoms with Gasteiger partial charge in [0.2, 0.25) is 0 Å². The minimum atomic E-state index is -2.87. The zero-order valence-corrected chi connectivity index (χ0v) is 12.8. The molecule has 1 aliphatic rings. The molecule has 0 aliphatic carbocycles. The van der Waals surface area contributed by atoms with E-state index >= 15 is 0 Å². The second kappa shape index (κ2) is 7.49. The maximum atomic E-state index is 12.3. The molecule has 0 bridgehead atoms. The first-order valence-electron chi connectivity index (χ1n) is 6.71. The molecule has 0 saturated carbocycles. The summed E-state index contributed by atoms with van der Waals surface area (Å²) in [6.07, 6.45) is 2.07. The number of alkyl halides is 2. The molecular weight excluding hydrogens is 298 g/mol. The van der Waals surface area contributed by atoms with Gasteiger partial charge in [-0.05, 0) is 24.6 Å².